The van der Waals surface area contributed by atoms with Gasteiger partial charge in [0.1, 0.15) is 17.1 Å². The number of carboxylic acid groups (broad SMARTS) is 1. The Hall–Kier alpha value is -2.60. The smallest absolute Gasteiger partial charge is 0.354 e. The van der Waals surface area contributed by atoms with Gasteiger partial charge < -0.3 is 14.4 Å². The first kappa shape index (κ1) is 19.7. The summed E-state index contributed by atoms with van der Waals surface area (Å²) in [5.74, 6) is 1.11. The first-order chi connectivity index (χ1) is 14.0. The van der Waals surface area contributed by atoms with Crippen LogP contribution in [0.25, 0.3) is 11.2 Å². The van der Waals surface area contributed by atoms with E-state index in [4.69, 9.17) is 16.3 Å². The van der Waals surface area contributed by atoms with Crippen molar-refractivity contribution in [1.82, 2.24) is 14.5 Å². The molecular weight excluding hydrogens is 390 g/mol. The fraction of sp³-hybridized carbons (Fsp3) is 0.409. The Kier molecular flexibility index (Phi) is 5.72. The minimum absolute atomic E-state index is 0.00351. The summed E-state index contributed by atoms with van der Waals surface area (Å²) in [5, 5.41) is 9.84. The average Bonchev–Trinajstić information content (AvgIpc) is 3.03. The van der Waals surface area contributed by atoms with Crippen LogP contribution >= 0.6 is 11.6 Å². The molecule has 0 spiro atoms. The molecule has 4 rings (SSSR count). The summed E-state index contributed by atoms with van der Waals surface area (Å²) in [7, 11) is 0. The van der Waals surface area contributed by atoms with Gasteiger partial charge in [0.2, 0.25) is 0 Å². The molecule has 1 aliphatic rings. The molecule has 1 N–H and O–H groups in total. The van der Waals surface area contributed by atoms with Crippen LogP contribution in [0.5, 0.6) is 5.75 Å². The number of nitrogens with zero attached hydrogens (tertiary/aromatic N) is 3. The number of aryl methyl sites for hydroxylation is 1. The second-order valence-electron chi connectivity index (χ2n) is 7.66. The van der Waals surface area contributed by atoms with Crippen molar-refractivity contribution < 1.29 is 14.6 Å². The Bertz CT molecular complexity index is 1040. The molecule has 0 atom stereocenters. The van der Waals surface area contributed by atoms with Gasteiger partial charge >= 0.3 is 5.97 Å². The van der Waals surface area contributed by atoms with Crippen molar-refractivity contribution in [3.63, 3.8) is 0 Å². The second kappa shape index (κ2) is 8.41. The number of aromatic carboxylic acids is 1. The van der Waals surface area contributed by atoms with Gasteiger partial charge in [-0.15, -0.1) is 0 Å². The largest absolute Gasteiger partial charge is 0.493 e. The quantitative estimate of drug-likeness (QED) is 0.608. The van der Waals surface area contributed by atoms with E-state index in [1.165, 1.54) is 38.2 Å². The number of carboxylic acids is 1. The summed E-state index contributed by atoms with van der Waals surface area (Å²) in [4.78, 5) is 20.0. The van der Waals surface area contributed by atoms with Gasteiger partial charge in [0.05, 0.1) is 13.2 Å². The molecule has 2 aromatic heterocycles. The van der Waals surface area contributed by atoms with Crippen molar-refractivity contribution in [2.75, 3.05) is 6.61 Å². The monoisotopic (exact) mass is 413 g/mol. The molecule has 152 valence electrons. The molecule has 0 aliphatic heterocycles. The van der Waals surface area contributed by atoms with E-state index < -0.39 is 5.97 Å². The van der Waals surface area contributed by atoms with E-state index in [1.807, 2.05) is 29.7 Å². The topological polar surface area (TPSA) is 77.2 Å². The van der Waals surface area contributed by atoms with Gasteiger partial charge in [0.25, 0.3) is 0 Å². The zero-order chi connectivity index (χ0) is 20.4. The molecule has 29 heavy (non-hydrogen) atoms. The molecule has 1 aromatic carbocycles. The summed E-state index contributed by atoms with van der Waals surface area (Å²) < 4.78 is 7.85. The van der Waals surface area contributed by atoms with Crippen molar-refractivity contribution in [3.05, 3.63) is 52.4 Å². The van der Waals surface area contributed by atoms with Crippen LogP contribution in [-0.4, -0.2) is 32.2 Å². The highest BCUT2D eigenvalue weighted by Gasteiger charge is 2.16. The molecule has 2 heterocycles. The molecule has 1 aliphatic carbocycles. The number of carbonyl (C=O) groups is 1. The van der Waals surface area contributed by atoms with Gasteiger partial charge in [-0.1, -0.05) is 36.9 Å². The lowest BCUT2D eigenvalue weighted by atomic mass is 9.90. The minimum Gasteiger partial charge on any atom is -0.493 e. The highest BCUT2D eigenvalue weighted by molar-refractivity contribution is 6.31. The van der Waals surface area contributed by atoms with Crippen molar-refractivity contribution in [2.24, 2.45) is 5.92 Å². The lowest BCUT2D eigenvalue weighted by Gasteiger charge is -2.21. The van der Waals surface area contributed by atoms with Crippen molar-refractivity contribution in [2.45, 2.75) is 45.6 Å². The van der Waals surface area contributed by atoms with Gasteiger partial charge in [-0.2, -0.15) is 0 Å². The van der Waals surface area contributed by atoms with Crippen LogP contribution in [0.4, 0.5) is 0 Å². The number of pyridine rings is 1. The van der Waals surface area contributed by atoms with Crippen LogP contribution in [0.2, 0.25) is 5.02 Å². The molecule has 6 nitrogen and oxygen atoms in total. The Morgan fingerprint density at radius 3 is 2.72 bits per heavy atom. The van der Waals surface area contributed by atoms with E-state index >= 15 is 0 Å². The normalized spacial score (nSPS) is 15.0. The predicted molar refractivity (Wildman–Crippen MR) is 112 cm³/mol. The van der Waals surface area contributed by atoms with Crippen molar-refractivity contribution in [1.29, 1.82) is 0 Å². The number of benzene rings is 1. The van der Waals surface area contributed by atoms with Crippen LogP contribution in [-0.2, 0) is 6.54 Å². The summed E-state index contributed by atoms with van der Waals surface area (Å²) in [5.41, 5.74) is 2.10. The first-order valence-electron chi connectivity index (χ1n) is 9.99. The highest BCUT2D eigenvalue weighted by Crippen LogP contribution is 2.28. The SMILES string of the molecule is Cc1nc2ccc(C(=O)O)nc2n1Cc1ccc(OCC2CCCCC2)cc1Cl. The number of halogens is 1. The van der Waals surface area contributed by atoms with Crippen LogP contribution < -0.4 is 4.74 Å². The Labute approximate surface area is 174 Å². The number of hydrogen-bond donors (Lipinski definition) is 1. The fourth-order valence-electron chi connectivity index (χ4n) is 3.91. The molecular formula is C22H24ClN3O3. The Balaban J connectivity index is 1.52. The van der Waals surface area contributed by atoms with Crippen LogP contribution in [0, 0.1) is 12.8 Å². The number of aromatic nitrogens is 3. The lowest BCUT2D eigenvalue weighted by Crippen LogP contribution is -2.15. The molecule has 0 saturated heterocycles. The maximum absolute atomic E-state index is 11.3. The molecule has 0 amide bonds. The van der Waals surface area contributed by atoms with E-state index in [1.54, 1.807) is 6.07 Å². The molecule has 0 radical (unpaired) electrons. The van der Waals surface area contributed by atoms with E-state index in [0.717, 1.165) is 23.7 Å². The molecule has 1 saturated carbocycles. The third kappa shape index (κ3) is 4.37. The molecule has 0 bridgehead atoms. The first-order valence-corrected chi connectivity index (χ1v) is 10.4. The standard InChI is InChI=1S/C22H24ClN3O3/c1-14-24-19-9-10-20(22(27)28)25-21(19)26(14)12-16-7-8-17(11-18(16)23)29-13-15-5-3-2-4-6-15/h7-11,15H,2-6,12-13H2,1H3,(H,27,28). The minimum atomic E-state index is -1.06. The van der Waals surface area contributed by atoms with Crippen LogP contribution in [0.3, 0.4) is 0 Å². The van der Waals surface area contributed by atoms with E-state index in [2.05, 4.69) is 9.97 Å². The van der Waals surface area contributed by atoms with E-state index in [9.17, 15) is 9.90 Å². The van der Waals surface area contributed by atoms with Gasteiger partial charge in [-0.05, 0) is 55.5 Å². The van der Waals surface area contributed by atoms with Gasteiger partial charge in [0.15, 0.2) is 11.3 Å². The summed E-state index contributed by atoms with van der Waals surface area (Å²) in [6.45, 7) is 3.07. The Morgan fingerprint density at radius 1 is 1.21 bits per heavy atom. The van der Waals surface area contributed by atoms with Crippen LogP contribution in [0.1, 0.15) is 54.0 Å². The lowest BCUT2D eigenvalue weighted by molar-refractivity contribution is 0.0691. The van der Waals surface area contributed by atoms with Gasteiger partial charge in [-0.3, -0.25) is 0 Å². The summed E-state index contributed by atoms with van der Waals surface area (Å²) in [6, 6.07) is 8.88. The highest BCUT2D eigenvalue weighted by atomic mass is 35.5. The van der Waals surface area contributed by atoms with Crippen LogP contribution in [0.15, 0.2) is 30.3 Å². The number of ether oxygens (including phenoxy) is 1. The predicted octanol–water partition coefficient (Wildman–Crippen LogP) is 5.10. The second-order valence-corrected chi connectivity index (χ2v) is 8.06. The summed E-state index contributed by atoms with van der Waals surface area (Å²) >= 11 is 6.52. The van der Waals surface area contributed by atoms with Crippen molar-refractivity contribution in [3.8, 4) is 5.75 Å². The molecule has 0 unspecified atom stereocenters. The fourth-order valence-corrected chi connectivity index (χ4v) is 4.14. The zero-order valence-electron chi connectivity index (χ0n) is 16.4. The van der Waals surface area contributed by atoms with E-state index in [-0.39, 0.29) is 5.69 Å². The molecule has 3 aromatic rings. The van der Waals surface area contributed by atoms with E-state index in [0.29, 0.717) is 28.6 Å². The molecule has 1 fully saturated rings. The number of fused-ring (bicyclic) bond motifs is 1. The Morgan fingerprint density at radius 2 is 2.00 bits per heavy atom. The average molecular weight is 414 g/mol. The maximum Gasteiger partial charge on any atom is 0.354 e. The third-order valence-corrected chi connectivity index (χ3v) is 5.92. The van der Waals surface area contributed by atoms with Gasteiger partial charge in [-0.25, -0.2) is 14.8 Å². The van der Waals surface area contributed by atoms with Gasteiger partial charge in [0, 0.05) is 5.02 Å². The summed E-state index contributed by atoms with van der Waals surface area (Å²) in [6.07, 6.45) is 6.41. The third-order valence-electron chi connectivity index (χ3n) is 5.57. The van der Waals surface area contributed by atoms with Crippen molar-refractivity contribution >= 4 is 28.7 Å². The molecule has 7 heteroatoms. The maximum atomic E-state index is 11.3. The number of hydrogen-bond acceptors (Lipinski definition) is 4. The number of rotatable bonds is 6. The number of imidazole rings is 1. The zero-order valence-corrected chi connectivity index (χ0v) is 17.2.